The van der Waals surface area contributed by atoms with Gasteiger partial charge in [-0.1, -0.05) is 47.1 Å². The van der Waals surface area contributed by atoms with Crippen molar-refractivity contribution >= 4 is 22.7 Å². The van der Waals surface area contributed by atoms with Crippen molar-refractivity contribution in [2.75, 3.05) is 18.8 Å². The van der Waals surface area contributed by atoms with Crippen LogP contribution < -0.4 is 0 Å². The van der Waals surface area contributed by atoms with Crippen molar-refractivity contribution in [2.45, 2.75) is 37.8 Å². The molecule has 0 unspecified atom stereocenters. The molecule has 1 aliphatic heterocycles. The molecule has 0 atom stereocenters. The van der Waals surface area contributed by atoms with Crippen molar-refractivity contribution in [3.05, 3.63) is 59.7 Å². The lowest BCUT2D eigenvalue weighted by molar-refractivity contribution is 0.175. The van der Waals surface area contributed by atoms with Crippen molar-refractivity contribution in [2.24, 2.45) is 5.92 Å². The summed E-state index contributed by atoms with van der Waals surface area (Å²) in [4.78, 5) is 2.59. The smallest absolute Gasteiger partial charge is 0.168 e. The van der Waals surface area contributed by atoms with Gasteiger partial charge in [-0.25, -0.2) is 0 Å². The number of aryl methyl sites for hydroxylation is 1. The molecule has 136 valence electrons. The number of benzene rings is 2. The summed E-state index contributed by atoms with van der Waals surface area (Å²) < 4.78 is 5.44. The number of hydrogen-bond acceptors (Lipinski definition) is 4. The second-order valence-corrected chi connectivity index (χ2v) is 8.41. The van der Waals surface area contributed by atoms with Gasteiger partial charge in [0.1, 0.15) is 5.03 Å². The zero-order valence-corrected chi connectivity index (χ0v) is 16.2. The van der Waals surface area contributed by atoms with Crippen LogP contribution in [0.2, 0.25) is 0 Å². The number of fused-ring (bicyclic) bond motifs is 1. The number of nitrogens with zero attached hydrogens (tertiary/aromatic N) is 2. The average molecular weight is 367 g/mol. The first-order chi connectivity index (χ1) is 12.8. The first-order valence-electron chi connectivity index (χ1n) is 9.53. The van der Waals surface area contributed by atoms with Gasteiger partial charge < -0.3 is 4.52 Å². The Balaban J connectivity index is 1.23. The first kappa shape index (κ1) is 17.6. The molecule has 1 aliphatic rings. The van der Waals surface area contributed by atoms with E-state index in [9.17, 15) is 0 Å². The van der Waals surface area contributed by atoms with Crippen LogP contribution in [0.4, 0.5) is 0 Å². The lowest BCUT2D eigenvalue weighted by Crippen LogP contribution is -2.33. The summed E-state index contributed by atoms with van der Waals surface area (Å²) in [6.07, 6.45) is 3.89. The van der Waals surface area contributed by atoms with Gasteiger partial charge in [-0.2, -0.15) is 0 Å². The van der Waals surface area contributed by atoms with Crippen LogP contribution in [0.5, 0.6) is 0 Å². The summed E-state index contributed by atoms with van der Waals surface area (Å²) in [7, 11) is 0. The fourth-order valence-corrected chi connectivity index (χ4v) is 4.78. The minimum absolute atomic E-state index is 0.842. The van der Waals surface area contributed by atoms with Crippen molar-refractivity contribution in [1.82, 2.24) is 10.1 Å². The minimum atomic E-state index is 0.842. The molecule has 1 saturated heterocycles. The molecule has 3 nitrogen and oxygen atoms in total. The fraction of sp³-hybridized carbons (Fsp3) is 0.409. The van der Waals surface area contributed by atoms with E-state index in [1.165, 1.54) is 43.5 Å². The van der Waals surface area contributed by atoms with Gasteiger partial charge in [0, 0.05) is 6.54 Å². The molecule has 3 aromatic rings. The van der Waals surface area contributed by atoms with Crippen LogP contribution in [0.15, 0.2) is 58.1 Å². The van der Waals surface area contributed by atoms with Crippen LogP contribution in [0.3, 0.4) is 0 Å². The lowest BCUT2D eigenvalue weighted by Gasteiger charge is -2.31. The molecule has 2 heterocycles. The molecule has 26 heavy (non-hydrogen) atoms. The zero-order chi connectivity index (χ0) is 17.8. The Hall–Kier alpha value is -1.78. The molecule has 1 fully saturated rings. The third-order valence-electron chi connectivity index (χ3n) is 5.31. The van der Waals surface area contributed by atoms with Crippen molar-refractivity contribution in [3.63, 3.8) is 0 Å². The molecule has 0 spiro atoms. The maximum absolute atomic E-state index is 5.44. The third-order valence-corrected chi connectivity index (χ3v) is 6.32. The highest BCUT2D eigenvalue weighted by Gasteiger charge is 2.19. The van der Waals surface area contributed by atoms with Crippen LogP contribution in [0.25, 0.3) is 11.0 Å². The van der Waals surface area contributed by atoms with E-state index in [2.05, 4.69) is 59.4 Å². The molecular weight excluding hydrogens is 340 g/mol. The maximum Gasteiger partial charge on any atom is 0.168 e. The van der Waals surface area contributed by atoms with Crippen LogP contribution in [-0.2, 0) is 6.54 Å². The average Bonchev–Trinajstić information content (AvgIpc) is 3.06. The Morgan fingerprint density at radius 2 is 1.92 bits per heavy atom. The van der Waals surface area contributed by atoms with Gasteiger partial charge in [-0.15, -0.1) is 11.8 Å². The standard InChI is InChI=1S/C22H26N2OS/c1-17-7-8-21-20(15-17)22(23-25-21)26-14-11-18-9-12-24(13-10-18)16-19-5-3-2-4-6-19/h2-8,15,18H,9-14,16H2,1H3. The van der Waals surface area contributed by atoms with E-state index in [1.54, 1.807) is 0 Å². The highest BCUT2D eigenvalue weighted by atomic mass is 32.2. The van der Waals surface area contributed by atoms with Crippen molar-refractivity contribution in [3.8, 4) is 0 Å². The van der Waals surface area contributed by atoms with Crippen LogP contribution in [-0.4, -0.2) is 28.9 Å². The second kappa shape index (κ2) is 8.28. The number of piperidine rings is 1. The molecule has 0 amide bonds. The summed E-state index contributed by atoms with van der Waals surface area (Å²) >= 11 is 1.84. The monoisotopic (exact) mass is 366 g/mol. The number of thioether (sulfide) groups is 1. The van der Waals surface area contributed by atoms with Crippen molar-refractivity contribution < 1.29 is 4.52 Å². The molecule has 1 aromatic heterocycles. The normalized spacial score (nSPS) is 16.3. The van der Waals surface area contributed by atoms with E-state index in [0.29, 0.717) is 0 Å². The van der Waals surface area contributed by atoms with Gasteiger partial charge in [0.2, 0.25) is 0 Å². The van der Waals surface area contributed by atoms with Gasteiger partial charge in [0.05, 0.1) is 5.39 Å². The SMILES string of the molecule is Cc1ccc2onc(SCCC3CCN(Cc4ccccc4)CC3)c2c1. The summed E-state index contributed by atoms with van der Waals surface area (Å²) in [5.41, 5.74) is 3.58. The number of aromatic nitrogens is 1. The topological polar surface area (TPSA) is 29.3 Å². The van der Waals surface area contributed by atoms with Gasteiger partial charge in [0.25, 0.3) is 0 Å². The maximum atomic E-state index is 5.44. The molecule has 0 saturated carbocycles. The Morgan fingerprint density at radius 1 is 1.12 bits per heavy atom. The largest absolute Gasteiger partial charge is 0.355 e. The Morgan fingerprint density at radius 3 is 2.73 bits per heavy atom. The molecule has 4 heteroatoms. The number of hydrogen-bond donors (Lipinski definition) is 0. The molecule has 0 bridgehead atoms. The summed E-state index contributed by atoms with van der Waals surface area (Å²) in [5, 5.41) is 6.46. The summed E-state index contributed by atoms with van der Waals surface area (Å²) in [5.74, 6) is 1.97. The quantitative estimate of drug-likeness (QED) is 0.536. The molecule has 0 radical (unpaired) electrons. The van der Waals surface area contributed by atoms with Crippen LogP contribution in [0.1, 0.15) is 30.4 Å². The van der Waals surface area contributed by atoms with Gasteiger partial charge in [0.15, 0.2) is 5.58 Å². The number of rotatable bonds is 6. The molecule has 4 rings (SSSR count). The van der Waals surface area contributed by atoms with Gasteiger partial charge in [-0.05, 0) is 68.6 Å². The van der Waals surface area contributed by atoms with Crippen LogP contribution in [0, 0.1) is 12.8 Å². The highest BCUT2D eigenvalue weighted by molar-refractivity contribution is 7.99. The predicted octanol–water partition coefficient (Wildman–Crippen LogP) is 5.53. The summed E-state index contributed by atoms with van der Waals surface area (Å²) in [6, 6.07) is 17.1. The molecular formula is C22H26N2OS. The van der Waals surface area contributed by atoms with E-state index in [1.807, 2.05) is 17.8 Å². The highest BCUT2D eigenvalue weighted by Crippen LogP contribution is 2.30. The Kier molecular flexibility index (Phi) is 5.61. The van der Waals surface area contributed by atoms with E-state index < -0.39 is 0 Å². The first-order valence-corrected chi connectivity index (χ1v) is 10.5. The molecule has 2 aromatic carbocycles. The Bertz CT molecular complexity index is 838. The second-order valence-electron chi connectivity index (χ2n) is 7.33. The van der Waals surface area contributed by atoms with Crippen molar-refractivity contribution in [1.29, 1.82) is 0 Å². The molecule has 0 N–H and O–H groups in total. The number of likely N-dealkylation sites (tertiary alicyclic amines) is 1. The summed E-state index contributed by atoms with van der Waals surface area (Å²) in [6.45, 7) is 5.64. The van der Waals surface area contributed by atoms with E-state index in [-0.39, 0.29) is 0 Å². The molecule has 0 aliphatic carbocycles. The lowest BCUT2D eigenvalue weighted by atomic mass is 9.94. The van der Waals surface area contributed by atoms with E-state index >= 15 is 0 Å². The zero-order valence-electron chi connectivity index (χ0n) is 15.4. The third kappa shape index (κ3) is 4.30. The van der Waals surface area contributed by atoms with Gasteiger partial charge >= 0.3 is 0 Å². The predicted molar refractivity (Wildman–Crippen MR) is 109 cm³/mol. The van der Waals surface area contributed by atoms with E-state index in [4.69, 9.17) is 4.52 Å². The fourth-order valence-electron chi connectivity index (χ4n) is 3.73. The van der Waals surface area contributed by atoms with Gasteiger partial charge in [-0.3, -0.25) is 4.90 Å². The Labute approximate surface area is 159 Å². The minimum Gasteiger partial charge on any atom is -0.355 e. The van der Waals surface area contributed by atoms with E-state index in [0.717, 1.165) is 34.2 Å². The van der Waals surface area contributed by atoms with Crippen LogP contribution >= 0.6 is 11.8 Å².